The van der Waals surface area contributed by atoms with E-state index >= 15 is 0 Å². The number of carbonyl (C=O) groups excluding carboxylic acids is 1. The zero-order valence-corrected chi connectivity index (χ0v) is 12.7. The Bertz CT molecular complexity index is 625. The summed E-state index contributed by atoms with van der Waals surface area (Å²) < 4.78 is 34.4. The predicted molar refractivity (Wildman–Crippen MR) is 72.3 cm³/mol. The van der Waals surface area contributed by atoms with Crippen LogP contribution in [0.4, 0.5) is 9.70 Å². The highest BCUT2D eigenvalue weighted by molar-refractivity contribution is 9.10. The van der Waals surface area contributed by atoms with Crippen LogP contribution in [0.1, 0.15) is 6.42 Å². The Balaban J connectivity index is 2.20. The molecule has 19 heavy (non-hydrogen) atoms. The second-order valence-corrected chi connectivity index (χ2v) is 6.94. The van der Waals surface area contributed by atoms with Gasteiger partial charge in [0.25, 0.3) is 0 Å². The summed E-state index contributed by atoms with van der Waals surface area (Å²) in [6.45, 7) is 0.120. The van der Waals surface area contributed by atoms with Crippen molar-refractivity contribution in [2.24, 2.45) is 5.92 Å². The molecule has 5 nitrogen and oxygen atoms in total. The molecular weight excluding hydrogens is 363 g/mol. The first kappa shape index (κ1) is 14.7. The third-order valence-electron chi connectivity index (χ3n) is 2.68. The van der Waals surface area contributed by atoms with Gasteiger partial charge in [-0.25, -0.2) is 4.98 Å². The zero-order chi connectivity index (χ0) is 14.2. The van der Waals surface area contributed by atoms with Crippen LogP contribution >= 0.6 is 27.5 Å². The van der Waals surface area contributed by atoms with Gasteiger partial charge in [-0.05, 0) is 22.0 Å². The fourth-order valence-corrected chi connectivity index (χ4v) is 3.62. The van der Waals surface area contributed by atoms with Crippen LogP contribution in [0.25, 0.3) is 0 Å². The molecule has 0 bridgehead atoms. The van der Waals surface area contributed by atoms with Crippen molar-refractivity contribution in [1.82, 2.24) is 4.98 Å². The normalized spacial score (nSPS) is 20.1. The first-order valence-corrected chi connectivity index (χ1v) is 8.02. The van der Waals surface area contributed by atoms with E-state index in [4.69, 9.17) is 11.6 Å². The van der Waals surface area contributed by atoms with Crippen LogP contribution in [0.3, 0.4) is 0 Å². The van der Waals surface area contributed by atoms with E-state index in [0.717, 1.165) is 0 Å². The lowest BCUT2D eigenvalue weighted by molar-refractivity contribution is -0.117. The maximum atomic E-state index is 12.6. The Morgan fingerprint density at radius 2 is 2.26 bits per heavy atom. The van der Waals surface area contributed by atoms with Crippen LogP contribution in [0.15, 0.2) is 16.7 Å². The summed E-state index contributed by atoms with van der Waals surface area (Å²) in [5.41, 5.74) is 0. The Labute approximate surface area is 123 Å². The number of rotatable bonds is 3. The summed E-state index contributed by atoms with van der Waals surface area (Å²) >= 11 is 8.98. The number of aromatic nitrogens is 1. The van der Waals surface area contributed by atoms with Crippen molar-refractivity contribution in [3.63, 3.8) is 0 Å². The summed E-state index contributed by atoms with van der Waals surface area (Å²) in [6.07, 6.45) is 1.37. The highest BCUT2D eigenvalue weighted by Crippen LogP contribution is 2.31. The zero-order valence-electron chi connectivity index (χ0n) is 9.51. The van der Waals surface area contributed by atoms with E-state index in [-0.39, 0.29) is 18.9 Å². The van der Waals surface area contributed by atoms with E-state index in [9.17, 15) is 17.1 Å². The lowest BCUT2D eigenvalue weighted by atomic mass is 10.1. The third-order valence-corrected chi connectivity index (χ3v) is 4.34. The van der Waals surface area contributed by atoms with Crippen molar-refractivity contribution in [1.29, 1.82) is 0 Å². The molecule has 2 rings (SSSR count). The van der Waals surface area contributed by atoms with E-state index < -0.39 is 21.9 Å². The van der Waals surface area contributed by atoms with E-state index in [1.807, 2.05) is 0 Å². The van der Waals surface area contributed by atoms with E-state index in [1.165, 1.54) is 11.1 Å². The van der Waals surface area contributed by atoms with Crippen LogP contribution in [-0.2, 0) is 15.0 Å². The van der Waals surface area contributed by atoms with Gasteiger partial charge >= 0.3 is 10.2 Å². The standard InChI is InChI=1S/C10H9BrClFN2O3S/c11-8-2-7(12)3-14-10(8)15-4-6(1-9(15)16)5-19(13,17)18/h2-3,6H,1,4-5H2. The molecule has 1 aliphatic heterocycles. The summed E-state index contributed by atoms with van der Waals surface area (Å²) in [5, 5.41) is 0.408. The second kappa shape index (κ2) is 5.34. The van der Waals surface area contributed by atoms with Crippen molar-refractivity contribution in [2.45, 2.75) is 6.42 Å². The van der Waals surface area contributed by atoms with E-state index in [0.29, 0.717) is 15.3 Å². The topological polar surface area (TPSA) is 67.3 Å². The lowest BCUT2D eigenvalue weighted by Gasteiger charge is -2.16. The molecule has 9 heteroatoms. The minimum atomic E-state index is -4.59. The van der Waals surface area contributed by atoms with Crippen LogP contribution in [0.5, 0.6) is 0 Å². The predicted octanol–water partition coefficient (Wildman–Crippen LogP) is 2.15. The van der Waals surface area contributed by atoms with Gasteiger partial charge in [0.2, 0.25) is 5.91 Å². The van der Waals surface area contributed by atoms with Crippen molar-refractivity contribution < 1.29 is 17.1 Å². The maximum Gasteiger partial charge on any atom is 0.302 e. The molecule has 0 aliphatic carbocycles. The number of hydrogen-bond acceptors (Lipinski definition) is 4. The molecule has 1 unspecified atom stereocenters. The highest BCUT2D eigenvalue weighted by atomic mass is 79.9. The second-order valence-electron chi connectivity index (χ2n) is 4.24. The molecule has 1 fully saturated rings. The van der Waals surface area contributed by atoms with Crippen LogP contribution in [0, 0.1) is 5.92 Å². The first-order chi connectivity index (χ1) is 8.76. The van der Waals surface area contributed by atoms with Crippen molar-refractivity contribution in [3.05, 3.63) is 21.8 Å². The average molecular weight is 372 g/mol. The minimum absolute atomic E-state index is 0.0140. The van der Waals surface area contributed by atoms with E-state index in [2.05, 4.69) is 20.9 Å². The SMILES string of the molecule is O=C1CC(CS(=O)(=O)F)CN1c1ncc(Cl)cc1Br. The molecule has 2 heterocycles. The van der Waals surface area contributed by atoms with E-state index in [1.54, 1.807) is 6.07 Å². The number of hydrogen-bond donors (Lipinski definition) is 0. The molecule has 1 saturated heterocycles. The van der Waals surface area contributed by atoms with Crippen molar-refractivity contribution in [2.75, 3.05) is 17.2 Å². The number of carbonyl (C=O) groups is 1. The lowest BCUT2D eigenvalue weighted by Crippen LogP contribution is -2.26. The molecule has 0 N–H and O–H groups in total. The number of amides is 1. The van der Waals surface area contributed by atoms with Crippen molar-refractivity contribution >= 4 is 49.5 Å². The largest absolute Gasteiger partial charge is 0.302 e. The number of nitrogens with zero attached hydrogens (tertiary/aromatic N) is 2. The Kier molecular flexibility index (Phi) is 4.12. The van der Waals surface area contributed by atoms with Gasteiger partial charge in [0.05, 0.1) is 15.2 Å². The number of pyridine rings is 1. The molecule has 0 aromatic carbocycles. The molecule has 1 aromatic heterocycles. The first-order valence-electron chi connectivity index (χ1n) is 5.30. The maximum absolute atomic E-state index is 12.6. The third kappa shape index (κ3) is 3.64. The molecular formula is C10H9BrClFN2O3S. The minimum Gasteiger partial charge on any atom is -0.296 e. The van der Waals surface area contributed by atoms with Gasteiger partial charge in [0.15, 0.2) is 0 Å². The highest BCUT2D eigenvalue weighted by Gasteiger charge is 2.35. The quantitative estimate of drug-likeness (QED) is 0.764. The van der Waals surface area contributed by atoms with Gasteiger partial charge in [0.1, 0.15) is 5.82 Å². The molecule has 1 aliphatic rings. The Hall–Kier alpha value is -0.730. The smallest absolute Gasteiger partial charge is 0.296 e. The number of anilines is 1. The molecule has 0 radical (unpaired) electrons. The molecule has 1 aromatic rings. The van der Waals surface area contributed by atoms with Crippen molar-refractivity contribution in [3.8, 4) is 0 Å². The summed E-state index contributed by atoms with van der Waals surface area (Å²) in [7, 11) is -4.59. The van der Waals surface area contributed by atoms with Crippen LogP contribution < -0.4 is 4.90 Å². The van der Waals surface area contributed by atoms with Gasteiger partial charge in [-0.2, -0.15) is 8.42 Å². The fraction of sp³-hybridized carbons (Fsp3) is 0.400. The molecule has 0 saturated carbocycles. The average Bonchev–Trinajstić information content (AvgIpc) is 2.56. The van der Waals surface area contributed by atoms with Gasteiger partial charge in [-0.1, -0.05) is 11.6 Å². The van der Waals surface area contributed by atoms with Gasteiger partial charge in [-0.15, -0.1) is 3.89 Å². The summed E-state index contributed by atoms with van der Waals surface area (Å²) in [4.78, 5) is 17.2. The monoisotopic (exact) mass is 370 g/mol. The summed E-state index contributed by atoms with van der Waals surface area (Å²) in [5.74, 6) is -1.15. The number of halogens is 3. The molecule has 1 atom stereocenters. The Morgan fingerprint density at radius 1 is 1.58 bits per heavy atom. The Morgan fingerprint density at radius 3 is 2.84 bits per heavy atom. The molecule has 104 valence electrons. The van der Waals surface area contributed by atoms with Crippen LogP contribution in [-0.4, -0.2) is 31.6 Å². The van der Waals surface area contributed by atoms with Gasteiger partial charge < -0.3 is 0 Å². The van der Waals surface area contributed by atoms with Gasteiger partial charge in [-0.3, -0.25) is 9.69 Å². The molecule has 1 amide bonds. The fourth-order valence-electron chi connectivity index (χ4n) is 1.99. The molecule has 0 spiro atoms. The van der Waals surface area contributed by atoms with Gasteiger partial charge in [0, 0.05) is 25.1 Å². The van der Waals surface area contributed by atoms with Crippen LogP contribution in [0.2, 0.25) is 5.02 Å². The summed E-state index contributed by atoms with van der Waals surface area (Å²) in [6, 6.07) is 1.58.